The van der Waals surface area contributed by atoms with Crippen molar-refractivity contribution in [2.75, 3.05) is 45.0 Å². The predicted molar refractivity (Wildman–Crippen MR) is 75.7 cm³/mol. The van der Waals surface area contributed by atoms with E-state index in [1.807, 2.05) is 13.1 Å². The first-order chi connectivity index (χ1) is 9.15. The van der Waals surface area contributed by atoms with Crippen molar-refractivity contribution in [1.29, 1.82) is 0 Å². The summed E-state index contributed by atoms with van der Waals surface area (Å²) in [5.41, 5.74) is 7.75. The Balaban J connectivity index is 2.86. The number of nitrogens with two attached hydrogens (primary N) is 1. The molecule has 106 valence electrons. The first kappa shape index (κ1) is 15.3. The van der Waals surface area contributed by atoms with Gasteiger partial charge in [0, 0.05) is 27.2 Å². The minimum atomic E-state index is -0.368. The van der Waals surface area contributed by atoms with Crippen LogP contribution >= 0.6 is 0 Å². The molecule has 0 aliphatic rings. The zero-order valence-electron chi connectivity index (χ0n) is 11.5. The van der Waals surface area contributed by atoms with Gasteiger partial charge in [-0.05, 0) is 18.2 Å². The highest BCUT2D eigenvalue weighted by atomic mass is 16.5. The van der Waals surface area contributed by atoms with Gasteiger partial charge in [-0.3, -0.25) is 0 Å². The van der Waals surface area contributed by atoms with Crippen LogP contribution in [0.2, 0.25) is 0 Å². The first-order valence-electron chi connectivity index (χ1n) is 6.03. The number of carbonyl (C=O) groups excluding carboxylic acids is 1. The molecule has 0 saturated carbocycles. The number of esters is 1. The quantitative estimate of drug-likeness (QED) is 0.636. The van der Waals surface area contributed by atoms with Gasteiger partial charge >= 0.3 is 5.97 Å². The summed E-state index contributed by atoms with van der Waals surface area (Å²) >= 11 is 0. The Labute approximate surface area is 113 Å². The van der Waals surface area contributed by atoms with E-state index in [4.69, 9.17) is 15.2 Å². The molecule has 0 aliphatic heterocycles. The van der Waals surface area contributed by atoms with Gasteiger partial charge in [-0.1, -0.05) is 0 Å². The molecule has 1 atom stereocenters. The minimum Gasteiger partial charge on any atom is -0.465 e. The highest BCUT2D eigenvalue weighted by Gasteiger charge is 2.11. The third-order valence-electron chi connectivity index (χ3n) is 2.83. The molecule has 0 amide bonds. The van der Waals surface area contributed by atoms with Gasteiger partial charge in [-0.2, -0.15) is 0 Å². The van der Waals surface area contributed by atoms with E-state index < -0.39 is 0 Å². The molecule has 1 unspecified atom stereocenters. The number of nitrogens with one attached hydrogen (secondary N) is 2. The lowest BCUT2D eigenvalue weighted by Crippen LogP contribution is -2.30. The van der Waals surface area contributed by atoms with Gasteiger partial charge in [-0.25, -0.2) is 4.79 Å². The summed E-state index contributed by atoms with van der Waals surface area (Å²) in [7, 11) is 4.79. The van der Waals surface area contributed by atoms with Crippen molar-refractivity contribution in [3.63, 3.8) is 0 Å². The molecule has 1 aromatic rings. The lowest BCUT2D eigenvalue weighted by atomic mass is 10.1. The van der Waals surface area contributed by atoms with E-state index in [1.165, 1.54) is 7.11 Å². The van der Waals surface area contributed by atoms with Crippen LogP contribution < -0.4 is 16.4 Å². The van der Waals surface area contributed by atoms with Crippen molar-refractivity contribution in [3.8, 4) is 0 Å². The fraction of sp³-hybridized carbons (Fsp3) is 0.462. The van der Waals surface area contributed by atoms with Crippen molar-refractivity contribution in [2.45, 2.75) is 6.10 Å². The van der Waals surface area contributed by atoms with Crippen molar-refractivity contribution in [3.05, 3.63) is 23.8 Å². The van der Waals surface area contributed by atoms with Gasteiger partial charge in [0.1, 0.15) is 0 Å². The second-order valence-electron chi connectivity index (χ2n) is 3.98. The van der Waals surface area contributed by atoms with Crippen LogP contribution in [0.25, 0.3) is 0 Å². The molecule has 0 heterocycles. The van der Waals surface area contributed by atoms with Gasteiger partial charge in [0.05, 0.1) is 30.2 Å². The molecule has 0 spiro atoms. The summed E-state index contributed by atoms with van der Waals surface area (Å²) in [6.07, 6.45) is -0.0773. The molecule has 1 rings (SSSR count). The Morgan fingerprint density at radius 1 is 1.37 bits per heavy atom. The smallest absolute Gasteiger partial charge is 0.337 e. The SMILES string of the molecule is CNc1ccc(C(=O)OC)cc1NCC(CN)OC. The number of anilines is 2. The summed E-state index contributed by atoms with van der Waals surface area (Å²) in [6.45, 7) is 0.987. The second kappa shape index (κ2) is 7.60. The Kier molecular flexibility index (Phi) is 6.11. The molecule has 0 fully saturated rings. The molecule has 0 aliphatic carbocycles. The number of benzene rings is 1. The molecule has 0 saturated heterocycles. The number of rotatable bonds is 7. The molecule has 0 radical (unpaired) electrons. The predicted octanol–water partition coefficient (Wildman–Crippen LogP) is 0.900. The second-order valence-corrected chi connectivity index (χ2v) is 3.98. The van der Waals surface area contributed by atoms with E-state index in [2.05, 4.69) is 10.6 Å². The first-order valence-corrected chi connectivity index (χ1v) is 6.03. The lowest BCUT2D eigenvalue weighted by molar-refractivity contribution is 0.0601. The average Bonchev–Trinajstić information content (AvgIpc) is 2.47. The Bertz CT molecular complexity index is 420. The highest BCUT2D eigenvalue weighted by Crippen LogP contribution is 2.23. The van der Waals surface area contributed by atoms with Crippen molar-refractivity contribution >= 4 is 17.3 Å². The zero-order chi connectivity index (χ0) is 14.3. The van der Waals surface area contributed by atoms with Crippen LogP contribution in [0, 0.1) is 0 Å². The van der Waals surface area contributed by atoms with E-state index in [0.29, 0.717) is 18.7 Å². The maximum absolute atomic E-state index is 11.5. The molecular weight excluding hydrogens is 246 g/mol. The zero-order valence-corrected chi connectivity index (χ0v) is 11.5. The summed E-state index contributed by atoms with van der Waals surface area (Å²) in [4.78, 5) is 11.5. The summed E-state index contributed by atoms with van der Waals surface area (Å²) in [6, 6.07) is 5.26. The lowest BCUT2D eigenvalue weighted by Gasteiger charge is -2.17. The van der Waals surface area contributed by atoms with E-state index in [-0.39, 0.29) is 12.1 Å². The minimum absolute atomic E-state index is 0.0773. The maximum Gasteiger partial charge on any atom is 0.337 e. The fourth-order valence-electron chi connectivity index (χ4n) is 1.64. The number of carbonyl (C=O) groups is 1. The van der Waals surface area contributed by atoms with Crippen LogP contribution in [-0.2, 0) is 9.47 Å². The molecule has 19 heavy (non-hydrogen) atoms. The standard InChI is InChI=1S/C13H21N3O3/c1-15-11-5-4-9(13(17)19-3)6-12(11)16-8-10(7-14)18-2/h4-6,10,15-16H,7-8,14H2,1-3H3. The average molecular weight is 267 g/mol. The van der Waals surface area contributed by atoms with E-state index in [0.717, 1.165) is 11.4 Å². The Morgan fingerprint density at radius 3 is 2.63 bits per heavy atom. The van der Waals surface area contributed by atoms with Crippen LogP contribution in [0.4, 0.5) is 11.4 Å². The van der Waals surface area contributed by atoms with Crippen molar-refractivity contribution < 1.29 is 14.3 Å². The van der Waals surface area contributed by atoms with Gasteiger partial charge < -0.3 is 25.8 Å². The number of hydrogen-bond donors (Lipinski definition) is 3. The topological polar surface area (TPSA) is 85.6 Å². The molecule has 6 heteroatoms. The number of methoxy groups -OCH3 is 2. The molecule has 6 nitrogen and oxygen atoms in total. The van der Waals surface area contributed by atoms with Crippen molar-refractivity contribution in [1.82, 2.24) is 0 Å². The number of ether oxygens (including phenoxy) is 2. The molecule has 4 N–H and O–H groups in total. The normalized spacial score (nSPS) is 11.8. The third kappa shape index (κ3) is 4.11. The molecular formula is C13H21N3O3. The summed E-state index contributed by atoms with van der Waals surface area (Å²) < 4.78 is 9.89. The van der Waals surface area contributed by atoms with Crippen LogP contribution in [0.3, 0.4) is 0 Å². The van der Waals surface area contributed by atoms with Crippen molar-refractivity contribution in [2.24, 2.45) is 5.73 Å². The largest absolute Gasteiger partial charge is 0.465 e. The van der Waals surface area contributed by atoms with Crippen LogP contribution in [0.5, 0.6) is 0 Å². The maximum atomic E-state index is 11.5. The highest BCUT2D eigenvalue weighted by molar-refractivity contribution is 5.92. The van der Waals surface area contributed by atoms with E-state index in [1.54, 1.807) is 19.2 Å². The number of hydrogen-bond acceptors (Lipinski definition) is 6. The van der Waals surface area contributed by atoms with Gasteiger partial charge in [0.2, 0.25) is 0 Å². The van der Waals surface area contributed by atoms with Gasteiger partial charge in [0.15, 0.2) is 0 Å². The molecule has 1 aromatic carbocycles. The van der Waals surface area contributed by atoms with Gasteiger partial charge in [0.25, 0.3) is 0 Å². The third-order valence-corrected chi connectivity index (χ3v) is 2.83. The Hall–Kier alpha value is -1.79. The van der Waals surface area contributed by atoms with Crippen LogP contribution in [0.15, 0.2) is 18.2 Å². The van der Waals surface area contributed by atoms with Crippen LogP contribution in [-0.4, -0.2) is 46.4 Å². The van der Waals surface area contributed by atoms with Gasteiger partial charge in [-0.15, -0.1) is 0 Å². The molecule has 0 bridgehead atoms. The monoisotopic (exact) mass is 267 g/mol. The van der Waals surface area contributed by atoms with E-state index >= 15 is 0 Å². The van der Waals surface area contributed by atoms with Crippen LogP contribution in [0.1, 0.15) is 10.4 Å². The van der Waals surface area contributed by atoms with E-state index in [9.17, 15) is 4.79 Å². The summed E-state index contributed by atoms with van der Waals surface area (Å²) in [5, 5.41) is 6.26. The molecule has 0 aromatic heterocycles. The fourth-order valence-corrected chi connectivity index (χ4v) is 1.64. The Morgan fingerprint density at radius 2 is 2.11 bits per heavy atom. The summed E-state index contributed by atoms with van der Waals surface area (Å²) in [5.74, 6) is -0.368.